The molecule has 0 N–H and O–H groups in total. The molecule has 0 aliphatic heterocycles. The first-order valence-electron chi connectivity index (χ1n) is 9.98. The van der Waals surface area contributed by atoms with E-state index in [1.165, 1.54) is 4.90 Å². The number of methoxy groups -OCH3 is 2. The van der Waals surface area contributed by atoms with Gasteiger partial charge in [-0.2, -0.15) is 4.98 Å². The molecule has 1 heterocycles. The Bertz CT molecular complexity index is 1030. The van der Waals surface area contributed by atoms with E-state index >= 15 is 0 Å². The van der Waals surface area contributed by atoms with Gasteiger partial charge in [-0.15, -0.1) is 0 Å². The van der Waals surface area contributed by atoms with Crippen LogP contribution in [0.25, 0.3) is 11.4 Å². The highest BCUT2D eigenvalue weighted by Crippen LogP contribution is 2.31. The summed E-state index contributed by atoms with van der Waals surface area (Å²) in [6, 6.07) is 13.0. The van der Waals surface area contributed by atoms with Gasteiger partial charge in [-0.3, -0.25) is 4.79 Å². The first kappa shape index (κ1) is 22.1. The smallest absolute Gasteiger partial charge is 0.263 e. The Kier molecular flexibility index (Phi) is 7.12. The molecular formula is C23H27N3O5. The molecule has 31 heavy (non-hydrogen) atoms. The van der Waals surface area contributed by atoms with E-state index in [4.69, 9.17) is 18.7 Å². The molecule has 0 aliphatic carbocycles. The number of aryl methyl sites for hydroxylation is 1. The monoisotopic (exact) mass is 425 g/mol. The molecule has 0 unspecified atom stereocenters. The third-order valence-corrected chi connectivity index (χ3v) is 4.78. The SMILES string of the molecule is CC[C@H](Oc1cccc(C)c1)C(=O)N(C)Cc1nc(-c2ccc(OC)cc2OC)no1. The van der Waals surface area contributed by atoms with Gasteiger partial charge in [0.15, 0.2) is 6.10 Å². The van der Waals surface area contributed by atoms with E-state index in [0.717, 1.165) is 5.56 Å². The largest absolute Gasteiger partial charge is 0.497 e. The van der Waals surface area contributed by atoms with Crippen LogP contribution in [-0.4, -0.2) is 48.3 Å². The summed E-state index contributed by atoms with van der Waals surface area (Å²) < 4.78 is 21.9. The zero-order valence-corrected chi connectivity index (χ0v) is 18.4. The van der Waals surface area contributed by atoms with Gasteiger partial charge in [0.05, 0.1) is 26.3 Å². The Morgan fingerprint density at radius 3 is 2.61 bits per heavy atom. The molecule has 8 heteroatoms. The van der Waals surface area contributed by atoms with Crippen LogP contribution >= 0.6 is 0 Å². The summed E-state index contributed by atoms with van der Waals surface area (Å²) in [5, 5.41) is 4.03. The molecule has 0 spiro atoms. The average molecular weight is 425 g/mol. The van der Waals surface area contributed by atoms with Crippen LogP contribution in [0, 0.1) is 6.92 Å². The molecule has 8 nitrogen and oxygen atoms in total. The molecule has 1 amide bonds. The van der Waals surface area contributed by atoms with Crippen molar-refractivity contribution in [3.8, 4) is 28.6 Å². The van der Waals surface area contributed by atoms with Crippen molar-refractivity contribution in [2.75, 3.05) is 21.3 Å². The quantitative estimate of drug-likeness (QED) is 0.514. The van der Waals surface area contributed by atoms with E-state index in [1.54, 1.807) is 39.5 Å². The number of likely N-dealkylation sites (N-methyl/N-ethyl adjacent to an activating group) is 1. The van der Waals surface area contributed by atoms with Gasteiger partial charge in [0.1, 0.15) is 17.2 Å². The van der Waals surface area contributed by atoms with Crippen LogP contribution in [0.1, 0.15) is 24.8 Å². The van der Waals surface area contributed by atoms with Crippen molar-refractivity contribution in [1.29, 1.82) is 0 Å². The summed E-state index contributed by atoms with van der Waals surface area (Å²) in [6.07, 6.45) is -0.0641. The first-order valence-corrected chi connectivity index (χ1v) is 9.98. The van der Waals surface area contributed by atoms with Crippen LogP contribution in [0.4, 0.5) is 0 Å². The van der Waals surface area contributed by atoms with Gasteiger partial charge in [-0.05, 0) is 43.2 Å². The van der Waals surface area contributed by atoms with Gasteiger partial charge in [-0.25, -0.2) is 0 Å². The van der Waals surface area contributed by atoms with E-state index in [2.05, 4.69) is 10.1 Å². The second-order valence-electron chi connectivity index (χ2n) is 7.10. The molecule has 3 rings (SSSR count). The number of hydrogen-bond acceptors (Lipinski definition) is 7. The first-order chi connectivity index (χ1) is 14.9. The Morgan fingerprint density at radius 2 is 1.94 bits per heavy atom. The third kappa shape index (κ3) is 5.33. The number of carbonyl (C=O) groups is 1. The third-order valence-electron chi connectivity index (χ3n) is 4.78. The Morgan fingerprint density at radius 1 is 1.13 bits per heavy atom. The molecular weight excluding hydrogens is 398 g/mol. The van der Waals surface area contributed by atoms with Crippen molar-refractivity contribution < 1.29 is 23.5 Å². The summed E-state index contributed by atoms with van der Waals surface area (Å²) >= 11 is 0. The standard InChI is InChI=1S/C23H27N3O5/c1-6-19(30-17-9-7-8-15(2)12-17)23(27)26(3)14-21-24-22(25-31-21)18-11-10-16(28-4)13-20(18)29-5/h7-13,19H,6,14H2,1-5H3/t19-/m0/s1. The second kappa shape index (κ2) is 9.97. The molecule has 0 saturated carbocycles. The predicted octanol–water partition coefficient (Wildman–Crippen LogP) is 3.88. The number of aromatic nitrogens is 2. The number of rotatable bonds is 9. The lowest BCUT2D eigenvalue weighted by Crippen LogP contribution is -2.39. The maximum Gasteiger partial charge on any atom is 0.263 e. The lowest BCUT2D eigenvalue weighted by molar-refractivity contribution is -0.138. The van der Waals surface area contributed by atoms with Gasteiger partial charge in [0.25, 0.3) is 5.91 Å². The lowest BCUT2D eigenvalue weighted by atomic mass is 10.2. The fourth-order valence-corrected chi connectivity index (χ4v) is 3.10. The maximum absolute atomic E-state index is 12.9. The Hall–Kier alpha value is -3.55. The molecule has 0 aliphatic rings. The Balaban J connectivity index is 1.70. The zero-order chi connectivity index (χ0) is 22.4. The minimum Gasteiger partial charge on any atom is -0.497 e. The molecule has 3 aromatic rings. The maximum atomic E-state index is 12.9. The van der Waals surface area contributed by atoms with Gasteiger partial charge in [0, 0.05) is 13.1 Å². The lowest BCUT2D eigenvalue weighted by Gasteiger charge is -2.22. The molecule has 0 saturated heterocycles. The van der Waals surface area contributed by atoms with E-state index in [0.29, 0.717) is 40.9 Å². The van der Waals surface area contributed by atoms with Crippen molar-refractivity contribution in [1.82, 2.24) is 15.0 Å². The highest BCUT2D eigenvalue weighted by atomic mass is 16.5. The van der Waals surface area contributed by atoms with Crippen molar-refractivity contribution in [3.05, 3.63) is 53.9 Å². The topological polar surface area (TPSA) is 86.9 Å². The number of amides is 1. The summed E-state index contributed by atoms with van der Waals surface area (Å²) in [5.41, 5.74) is 1.74. The minimum absolute atomic E-state index is 0.161. The second-order valence-corrected chi connectivity index (χ2v) is 7.10. The summed E-state index contributed by atoms with van der Waals surface area (Å²) in [5.74, 6) is 2.42. The summed E-state index contributed by atoms with van der Waals surface area (Å²) in [7, 11) is 4.83. The zero-order valence-electron chi connectivity index (χ0n) is 18.4. The summed E-state index contributed by atoms with van der Waals surface area (Å²) in [6.45, 7) is 4.05. The van der Waals surface area contributed by atoms with Gasteiger partial charge >= 0.3 is 0 Å². The number of ether oxygens (including phenoxy) is 3. The van der Waals surface area contributed by atoms with Crippen molar-refractivity contribution in [2.45, 2.75) is 32.9 Å². The van der Waals surface area contributed by atoms with E-state index in [9.17, 15) is 4.79 Å². The minimum atomic E-state index is -0.601. The van der Waals surface area contributed by atoms with Crippen LogP contribution in [-0.2, 0) is 11.3 Å². The highest BCUT2D eigenvalue weighted by Gasteiger charge is 2.24. The van der Waals surface area contributed by atoms with Crippen LogP contribution in [0.5, 0.6) is 17.2 Å². The van der Waals surface area contributed by atoms with Crippen molar-refractivity contribution in [2.24, 2.45) is 0 Å². The Labute approximate surface area is 181 Å². The van der Waals surface area contributed by atoms with Gasteiger partial charge in [-0.1, -0.05) is 24.2 Å². The number of nitrogens with zero attached hydrogens (tertiary/aromatic N) is 3. The van der Waals surface area contributed by atoms with Crippen LogP contribution in [0.15, 0.2) is 47.0 Å². The number of benzene rings is 2. The fourth-order valence-electron chi connectivity index (χ4n) is 3.10. The normalized spacial score (nSPS) is 11.6. The molecule has 0 radical (unpaired) electrons. The molecule has 164 valence electrons. The van der Waals surface area contributed by atoms with Crippen molar-refractivity contribution in [3.63, 3.8) is 0 Å². The molecule has 0 fully saturated rings. The van der Waals surface area contributed by atoms with E-state index in [-0.39, 0.29) is 12.5 Å². The van der Waals surface area contributed by atoms with Gasteiger partial charge < -0.3 is 23.6 Å². The fraction of sp³-hybridized carbons (Fsp3) is 0.348. The predicted molar refractivity (Wildman–Crippen MR) is 115 cm³/mol. The molecule has 2 aromatic carbocycles. The van der Waals surface area contributed by atoms with Gasteiger partial charge in [0.2, 0.25) is 11.7 Å². The van der Waals surface area contributed by atoms with E-state index in [1.807, 2.05) is 38.1 Å². The molecule has 1 aromatic heterocycles. The average Bonchev–Trinajstić information content (AvgIpc) is 3.24. The molecule has 0 bridgehead atoms. The highest BCUT2D eigenvalue weighted by molar-refractivity contribution is 5.81. The number of hydrogen-bond donors (Lipinski definition) is 0. The van der Waals surface area contributed by atoms with E-state index < -0.39 is 6.10 Å². The van der Waals surface area contributed by atoms with Crippen LogP contribution in [0.2, 0.25) is 0 Å². The van der Waals surface area contributed by atoms with Crippen molar-refractivity contribution >= 4 is 5.91 Å². The van der Waals surface area contributed by atoms with Crippen LogP contribution < -0.4 is 14.2 Å². The molecule has 1 atom stereocenters. The number of carbonyl (C=O) groups excluding carboxylic acids is 1. The van der Waals surface area contributed by atoms with Crippen LogP contribution in [0.3, 0.4) is 0 Å². The summed E-state index contributed by atoms with van der Waals surface area (Å²) in [4.78, 5) is 18.8.